The van der Waals surface area contributed by atoms with Gasteiger partial charge in [0.1, 0.15) is 5.60 Å². The van der Waals surface area contributed by atoms with Gasteiger partial charge in [0.2, 0.25) is 0 Å². The minimum Gasteiger partial charge on any atom is -0.444 e. The highest BCUT2D eigenvalue weighted by atomic mass is 35.5. The van der Waals surface area contributed by atoms with E-state index in [1.54, 1.807) is 45.0 Å². The maximum atomic E-state index is 12.2. The van der Waals surface area contributed by atoms with Gasteiger partial charge in [-0.05, 0) is 26.3 Å². The number of amides is 1. The Labute approximate surface area is 145 Å². The van der Waals surface area contributed by atoms with Crippen LogP contribution in [0.5, 0.6) is 0 Å². The van der Waals surface area contributed by atoms with Gasteiger partial charge in [-0.1, -0.05) is 46.3 Å². The van der Waals surface area contributed by atoms with Crippen LogP contribution in [0.15, 0.2) is 29.4 Å². The Balaban J connectivity index is 2.96. The maximum absolute atomic E-state index is 12.2. The standard InChI is InChI=1S/C14H16B3ClN2O3/c1-13(2,3)23-12(21)20(14(15,16)17)8-9-4-6-10(7-5-9)11(18)19-22/h4-7,22H,8H2,1-3H3/b19-11-. The SMILES string of the molecule is [B]C([B])([B])N(Cc1ccc(/C(Cl)=N/O)cc1)C(=O)OC(C)(C)C. The number of carbonyl (C=O) groups is 1. The molecule has 1 N–H and O–H groups in total. The number of benzene rings is 1. The Morgan fingerprint density at radius 1 is 1.26 bits per heavy atom. The first-order valence-corrected chi connectivity index (χ1v) is 7.16. The van der Waals surface area contributed by atoms with E-state index in [-0.39, 0.29) is 11.7 Å². The summed E-state index contributed by atoms with van der Waals surface area (Å²) in [4.78, 5) is 13.2. The van der Waals surface area contributed by atoms with Gasteiger partial charge in [0, 0.05) is 12.1 Å². The van der Waals surface area contributed by atoms with Crippen molar-refractivity contribution in [3.8, 4) is 0 Å². The van der Waals surface area contributed by atoms with Crippen molar-refractivity contribution in [1.29, 1.82) is 0 Å². The van der Waals surface area contributed by atoms with Crippen molar-refractivity contribution < 1.29 is 14.7 Å². The van der Waals surface area contributed by atoms with E-state index in [0.29, 0.717) is 11.1 Å². The van der Waals surface area contributed by atoms with E-state index < -0.39 is 16.9 Å². The predicted molar refractivity (Wildman–Crippen MR) is 92.4 cm³/mol. The fourth-order valence-electron chi connectivity index (χ4n) is 1.66. The number of halogens is 1. The highest BCUT2D eigenvalue weighted by Crippen LogP contribution is 2.17. The Bertz CT molecular complexity index is 580. The normalized spacial score (nSPS) is 12.8. The second-order valence-electron chi connectivity index (χ2n) is 6.04. The molecule has 1 aromatic rings. The van der Waals surface area contributed by atoms with Gasteiger partial charge in [0.05, 0.1) is 23.5 Å². The number of hydrogen-bond donors (Lipinski definition) is 1. The van der Waals surface area contributed by atoms with Gasteiger partial charge >= 0.3 is 6.09 Å². The lowest BCUT2D eigenvalue weighted by Crippen LogP contribution is -2.54. The third-order valence-electron chi connectivity index (χ3n) is 2.70. The van der Waals surface area contributed by atoms with E-state index in [4.69, 9.17) is 45.1 Å². The molecule has 0 atom stereocenters. The molecule has 0 heterocycles. The third kappa shape index (κ3) is 6.22. The highest BCUT2D eigenvalue weighted by Gasteiger charge is 2.29. The third-order valence-corrected chi connectivity index (χ3v) is 3.00. The maximum Gasteiger partial charge on any atom is 0.408 e. The van der Waals surface area contributed by atoms with Gasteiger partial charge in [-0.3, -0.25) is 0 Å². The fourth-order valence-corrected chi connectivity index (χ4v) is 1.79. The molecule has 1 rings (SSSR count). The molecule has 0 fully saturated rings. The van der Waals surface area contributed by atoms with Crippen LogP contribution in [-0.4, -0.2) is 55.7 Å². The zero-order valence-corrected chi connectivity index (χ0v) is 14.0. The molecule has 0 unspecified atom stereocenters. The average molecular weight is 328 g/mol. The summed E-state index contributed by atoms with van der Waals surface area (Å²) in [7, 11) is 17.0. The van der Waals surface area contributed by atoms with Crippen LogP contribution in [-0.2, 0) is 11.3 Å². The largest absolute Gasteiger partial charge is 0.444 e. The topological polar surface area (TPSA) is 62.1 Å². The van der Waals surface area contributed by atoms with Crippen molar-refractivity contribution in [1.82, 2.24) is 4.90 Å². The molecule has 0 aliphatic heterocycles. The molecule has 0 aliphatic rings. The van der Waals surface area contributed by atoms with Gasteiger partial charge < -0.3 is 14.8 Å². The Morgan fingerprint density at radius 2 is 1.78 bits per heavy atom. The second-order valence-corrected chi connectivity index (χ2v) is 6.40. The average Bonchev–Trinajstić information content (AvgIpc) is 2.41. The monoisotopic (exact) mass is 328 g/mol. The van der Waals surface area contributed by atoms with Gasteiger partial charge in [0.15, 0.2) is 5.17 Å². The van der Waals surface area contributed by atoms with Gasteiger partial charge in [-0.2, -0.15) is 0 Å². The number of ether oxygens (including phenoxy) is 1. The fraction of sp³-hybridized carbons (Fsp3) is 0.429. The van der Waals surface area contributed by atoms with Crippen molar-refractivity contribution in [2.45, 2.75) is 38.2 Å². The molecule has 0 aliphatic carbocycles. The molecule has 0 aromatic heterocycles. The first kappa shape index (κ1) is 19.5. The van der Waals surface area contributed by atoms with Crippen LogP contribution in [0, 0.1) is 0 Å². The van der Waals surface area contributed by atoms with Crippen LogP contribution in [0.25, 0.3) is 0 Å². The number of hydrogen-bond acceptors (Lipinski definition) is 4. The van der Waals surface area contributed by atoms with Crippen LogP contribution in [0.4, 0.5) is 4.79 Å². The Morgan fingerprint density at radius 3 is 2.17 bits per heavy atom. The molecule has 5 nitrogen and oxygen atoms in total. The molecule has 9 heteroatoms. The van der Waals surface area contributed by atoms with E-state index >= 15 is 0 Å². The summed E-state index contributed by atoms with van der Waals surface area (Å²) < 4.78 is 5.25. The van der Waals surface area contributed by atoms with Gasteiger partial charge in [-0.15, -0.1) is 0 Å². The molecule has 0 saturated carbocycles. The van der Waals surface area contributed by atoms with Crippen molar-refractivity contribution in [2.75, 3.05) is 0 Å². The highest BCUT2D eigenvalue weighted by molar-refractivity contribution is 6.69. The Hall–Kier alpha value is -1.56. The summed E-state index contributed by atoms with van der Waals surface area (Å²) in [6.07, 6.45) is -0.732. The van der Waals surface area contributed by atoms with Gasteiger partial charge in [0.25, 0.3) is 0 Å². The van der Waals surface area contributed by atoms with Crippen LogP contribution >= 0.6 is 11.6 Å². The molecule has 6 radical (unpaired) electrons. The predicted octanol–water partition coefficient (Wildman–Crippen LogP) is 1.92. The summed E-state index contributed by atoms with van der Waals surface area (Å²) in [6.45, 7) is 5.20. The van der Waals surface area contributed by atoms with Crippen LogP contribution in [0.1, 0.15) is 31.9 Å². The first-order chi connectivity index (χ1) is 10.4. The van der Waals surface area contributed by atoms with E-state index in [0.717, 1.165) is 4.90 Å². The summed E-state index contributed by atoms with van der Waals surface area (Å²) >= 11 is 5.70. The van der Waals surface area contributed by atoms with Crippen molar-refractivity contribution in [3.05, 3.63) is 35.4 Å². The molecular weight excluding hydrogens is 312 g/mol. The number of nitrogens with zero attached hydrogens (tertiary/aromatic N) is 2. The second kappa shape index (κ2) is 7.34. The lowest BCUT2D eigenvalue weighted by atomic mass is 9.48. The van der Waals surface area contributed by atoms with E-state index in [2.05, 4.69) is 5.16 Å². The van der Waals surface area contributed by atoms with Crippen molar-refractivity contribution in [3.63, 3.8) is 0 Å². The molecule has 0 spiro atoms. The lowest BCUT2D eigenvalue weighted by Gasteiger charge is -2.38. The molecule has 116 valence electrons. The van der Waals surface area contributed by atoms with E-state index in [1.807, 2.05) is 0 Å². The summed E-state index contributed by atoms with van der Waals surface area (Å²) in [6, 6.07) is 6.59. The minimum atomic E-state index is -1.88. The summed E-state index contributed by atoms with van der Waals surface area (Å²) in [5.74, 6) is 0. The molecule has 0 bridgehead atoms. The van der Waals surface area contributed by atoms with Crippen LogP contribution in [0.2, 0.25) is 0 Å². The van der Waals surface area contributed by atoms with E-state index in [1.165, 1.54) is 0 Å². The van der Waals surface area contributed by atoms with Crippen molar-refractivity contribution in [2.24, 2.45) is 5.16 Å². The van der Waals surface area contributed by atoms with Crippen LogP contribution < -0.4 is 0 Å². The first-order valence-electron chi connectivity index (χ1n) is 6.78. The Kier molecular flexibility index (Phi) is 6.22. The smallest absolute Gasteiger partial charge is 0.408 e. The molecular formula is C14H16B3ClN2O3. The molecule has 0 saturated heterocycles. The minimum absolute atomic E-state index is 0.0343. The quantitative estimate of drug-likeness (QED) is 0.397. The van der Waals surface area contributed by atoms with Crippen molar-refractivity contribution >= 4 is 46.4 Å². The zero-order valence-electron chi connectivity index (χ0n) is 13.3. The number of carbonyl (C=O) groups excluding carboxylic acids is 1. The number of rotatable bonds is 4. The van der Waals surface area contributed by atoms with Gasteiger partial charge in [-0.25, -0.2) is 4.79 Å². The van der Waals surface area contributed by atoms with E-state index in [9.17, 15) is 4.79 Å². The lowest BCUT2D eigenvalue weighted by molar-refractivity contribution is 0.0225. The summed E-state index contributed by atoms with van der Waals surface area (Å²) in [5.41, 5.74) is 0.490. The molecule has 1 amide bonds. The summed E-state index contributed by atoms with van der Waals surface area (Å²) in [5, 5.41) is 9.59. The molecule has 1 aromatic carbocycles. The van der Waals surface area contributed by atoms with Crippen LogP contribution in [0.3, 0.4) is 0 Å². The zero-order chi connectivity index (χ0) is 17.8. The number of oxime groups is 1. The molecule has 23 heavy (non-hydrogen) atoms.